The van der Waals surface area contributed by atoms with Crippen LogP contribution in [-0.4, -0.2) is 29.9 Å². The third-order valence-corrected chi connectivity index (χ3v) is 3.99. The smallest absolute Gasteiger partial charge is 0.238 e. The van der Waals surface area contributed by atoms with Crippen LogP contribution in [0.2, 0.25) is 0 Å². The van der Waals surface area contributed by atoms with Crippen LogP contribution in [0.4, 0.5) is 10.1 Å². The lowest BCUT2D eigenvalue weighted by molar-refractivity contribution is -0.118. The second-order valence-corrected chi connectivity index (χ2v) is 5.90. The third kappa shape index (κ3) is 4.01. The quantitative estimate of drug-likeness (QED) is 0.922. The van der Waals surface area contributed by atoms with Gasteiger partial charge in [-0.05, 0) is 44.5 Å². The van der Waals surface area contributed by atoms with Crippen LogP contribution in [0, 0.1) is 5.82 Å². The highest BCUT2D eigenvalue weighted by Crippen LogP contribution is 2.20. The Labute approximate surface area is 121 Å². The van der Waals surface area contributed by atoms with E-state index in [1.165, 1.54) is 12.5 Å². The fourth-order valence-corrected chi connectivity index (χ4v) is 2.69. The first-order chi connectivity index (χ1) is 9.06. The molecule has 1 aromatic carbocycles. The summed E-state index contributed by atoms with van der Waals surface area (Å²) in [5, 5.41) is 2.63. The van der Waals surface area contributed by atoms with Crippen LogP contribution in [0.5, 0.6) is 0 Å². The monoisotopic (exact) mass is 328 g/mol. The number of nitrogens with one attached hydrogen (secondary N) is 1. The fraction of sp³-hybridized carbons (Fsp3) is 0.500. The van der Waals surface area contributed by atoms with Crippen molar-refractivity contribution in [2.24, 2.45) is 0 Å². The number of amides is 1. The number of carbonyl (C=O) groups excluding carboxylic acids is 1. The maximum atomic E-state index is 13.6. The van der Waals surface area contributed by atoms with Crippen molar-refractivity contribution in [2.45, 2.75) is 32.2 Å². The number of halogens is 2. The zero-order valence-electron chi connectivity index (χ0n) is 11.0. The number of rotatable bonds is 3. The van der Waals surface area contributed by atoms with Gasteiger partial charge in [0.15, 0.2) is 0 Å². The van der Waals surface area contributed by atoms with Gasteiger partial charge in [0.25, 0.3) is 0 Å². The number of hydrogen-bond donors (Lipinski definition) is 1. The van der Waals surface area contributed by atoms with Crippen molar-refractivity contribution >= 4 is 27.5 Å². The van der Waals surface area contributed by atoms with Gasteiger partial charge in [-0.25, -0.2) is 4.39 Å². The molecule has 1 saturated heterocycles. The summed E-state index contributed by atoms with van der Waals surface area (Å²) in [4.78, 5) is 14.1. The maximum absolute atomic E-state index is 13.6. The summed E-state index contributed by atoms with van der Waals surface area (Å²) < 4.78 is 14.3. The first-order valence-electron chi connectivity index (χ1n) is 6.55. The van der Waals surface area contributed by atoms with Crippen LogP contribution in [0.25, 0.3) is 0 Å². The summed E-state index contributed by atoms with van der Waals surface area (Å²) in [7, 11) is 0. The molecule has 1 aromatic rings. The molecule has 0 aliphatic carbocycles. The lowest BCUT2D eigenvalue weighted by Crippen LogP contribution is -2.42. The van der Waals surface area contributed by atoms with Crippen molar-refractivity contribution in [2.75, 3.05) is 18.4 Å². The summed E-state index contributed by atoms with van der Waals surface area (Å²) in [6.07, 6.45) is 3.48. The normalized spacial score (nSPS) is 20.3. The molecule has 0 radical (unpaired) electrons. The number of hydrogen-bond acceptors (Lipinski definition) is 2. The molecule has 0 saturated carbocycles. The van der Waals surface area contributed by atoms with Crippen LogP contribution < -0.4 is 5.32 Å². The minimum Gasteiger partial charge on any atom is -0.322 e. The van der Waals surface area contributed by atoms with Gasteiger partial charge in [0, 0.05) is 10.5 Å². The van der Waals surface area contributed by atoms with E-state index < -0.39 is 5.82 Å². The van der Waals surface area contributed by atoms with Crippen LogP contribution in [-0.2, 0) is 4.79 Å². The Morgan fingerprint density at radius 2 is 2.32 bits per heavy atom. The molecule has 104 valence electrons. The number of likely N-dealkylation sites (tertiary alicyclic amines) is 1. The zero-order chi connectivity index (χ0) is 13.8. The Morgan fingerprint density at radius 3 is 3.00 bits per heavy atom. The number of nitrogens with zero attached hydrogens (tertiary/aromatic N) is 1. The summed E-state index contributed by atoms with van der Waals surface area (Å²) in [5.41, 5.74) is 0.234. The van der Waals surface area contributed by atoms with Crippen LogP contribution in [0.15, 0.2) is 22.7 Å². The fourth-order valence-electron chi connectivity index (χ4n) is 2.36. The van der Waals surface area contributed by atoms with E-state index in [0.29, 0.717) is 17.1 Å². The standard InChI is InChI=1S/C14H18BrFN2O/c1-10-4-2-3-7-18(10)9-14(19)17-13-6-5-11(15)8-12(13)16/h5-6,8,10H,2-4,7,9H2,1H3,(H,17,19)/t10-/m1/s1. The Hall–Kier alpha value is -0.940. The lowest BCUT2D eigenvalue weighted by atomic mass is 10.0. The summed E-state index contributed by atoms with van der Waals surface area (Å²) in [6, 6.07) is 5.05. The molecule has 2 rings (SSSR count). The molecule has 0 spiro atoms. The molecule has 0 unspecified atom stereocenters. The van der Waals surface area contributed by atoms with E-state index >= 15 is 0 Å². The van der Waals surface area contributed by atoms with E-state index in [-0.39, 0.29) is 11.6 Å². The molecule has 0 bridgehead atoms. The molecule has 3 nitrogen and oxygen atoms in total. The molecule has 1 aliphatic heterocycles. The van der Waals surface area contributed by atoms with E-state index in [9.17, 15) is 9.18 Å². The van der Waals surface area contributed by atoms with Crippen molar-refractivity contribution in [1.29, 1.82) is 0 Å². The van der Waals surface area contributed by atoms with Gasteiger partial charge in [0.05, 0.1) is 12.2 Å². The third-order valence-electron chi connectivity index (χ3n) is 3.49. The Morgan fingerprint density at radius 1 is 1.53 bits per heavy atom. The number of benzene rings is 1. The minimum absolute atomic E-state index is 0.157. The van der Waals surface area contributed by atoms with E-state index in [1.807, 2.05) is 0 Å². The molecule has 1 heterocycles. The van der Waals surface area contributed by atoms with Gasteiger partial charge in [0.1, 0.15) is 5.82 Å². The highest BCUT2D eigenvalue weighted by molar-refractivity contribution is 9.10. The summed E-state index contributed by atoms with van der Waals surface area (Å²) in [5.74, 6) is -0.579. The molecule has 1 N–H and O–H groups in total. The minimum atomic E-state index is -0.422. The molecule has 0 aromatic heterocycles. The largest absolute Gasteiger partial charge is 0.322 e. The zero-order valence-corrected chi connectivity index (χ0v) is 12.5. The van der Waals surface area contributed by atoms with Gasteiger partial charge in [-0.2, -0.15) is 0 Å². The number of carbonyl (C=O) groups is 1. The molecule has 1 amide bonds. The van der Waals surface area contributed by atoms with Gasteiger partial charge < -0.3 is 5.32 Å². The highest BCUT2D eigenvalue weighted by atomic mass is 79.9. The van der Waals surface area contributed by atoms with Crippen molar-refractivity contribution in [3.8, 4) is 0 Å². The SMILES string of the molecule is C[C@@H]1CCCCN1CC(=O)Nc1ccc(Br)cc1F. The molecule has 1 atom stereocenters. The lowest BCUT2D eigenvalue weighted by Gasteiger charge is -2.32. The molecule has 5 heteroatoms. The Bertz CT molecular complexity index is 467. The van der Waals surface area contributed by atoms with Gasteiger partial charge in [-0.1, -0.05) is 22.4 Å². The highest BCUT2D eigenvalue weighted by Gasteiger charge is 2.20. The van der Waals surface area contributed by atoms with E-state index in [4.69, 9.17) is 0 Å². The van der Waals surface area contributed by atoms with E-state index in [0.717, 1.165) is 19.4 Å². The second-order valence-electron chi connectivity index (χ2n) is 4.99. The summed E-state index contributed by atoms with van der Waals surface area (Å²) in [6.45, 7) is 3.40. The molecule has 19 heavy (non-hydrogen) atoms. The van der Waals surface area contributed by atoms with Gasteiger partial charge in [-0.3, -0.25) is 9.69 Å². The molecular formula is C14H18BrFN2O. The van der Waals surface area contributed by atoms with Crippen molar-refractivity contribution in [1.82, 2.24) is 4.90 Å². The second kappa shape index (κ2) is 6.48. The average molecular weight is 329 g/mol. The molecular weight excluding hydrogens is 311 g/mol. The van der Waals surface area contributed by atoms with Crippen LogP contribution >= 0.6 is 15.9 Å². The molecule has 1 fully saturated rings. The molecule has 1 aliphatic rings. The Kier molecular flexibility index (Phi) is 4.93. The maximum Gasteiger partial charge on any atom is 0.238 e. The predicted molar refractivity (Wildman–Crippen MR) is 77.6 cm³/mol. The van der Waals surface area contributed by atoms with Crippen LogP contribution in [0.1, 0.15) is 26.2 Å². The van der Waals surface area contributed by atoms with Crippen molar-refractivity contribution in [3.05, 3.63) is 28.5 Å². The van der Waals surface area contributed by atoms with E-state index in [1.54, 1.807) is 12.1 Å². The first-order valence-corrected chi connectivity index (χ1v) is 7.34. The van der Waals surface area contributed by atoms with Gasteiger partial charge >= 0.3 is 0 Å². The predicted octanol–water partition coefficient (Wildman–Crippen LogP) is 3.40. The average Bonchev–Trinajstić information content (AvgIpc) is 2.36. The Balaban J connectivity index is 1.93. The van der Waals surface area contributed by atoms with Gasteiger partial charge in [0.2, 0.25) is 5.91 Å². The number of piperidine rings is 1. The number of anilines is 1. The van der Waals surface area contributed by atoms with Crippen LogP contribution in [0.3, 0.4) is 0 Å². The topological polar surface area (TPSA) is 32.3 Å². The first kappa shape index (κ1) is 14.5. The van der Waals surface area contributed by atoms with Crippen molar-refractivity contribution in [3.63, 3.8) is 0 Å². The van der Waals surface area contributed by atoms with E-state index in [2.05, 4.69) is 33.1 Å². The van der Waals surface area contributed by atoms with Gasteiger partial charge in [-0.15, -0.1) is 0 Å². The summed E-state index contributed by atoms with van der Waals surface area (Å²) >= 11 is 3.19. The van der Waals surface area contributed by atoms with Crippen molar-refractivity contribution < 1.29 is 9.18 Å².